The van der Waals surface area contributed by atoms with E-state index < -0.39 is 0 Å². The van der Waals surface area contributed by atoms with Crippen molar-refractivity contribution in [3.63, 3.8) is 0 Å². The van der Waals surface area contributed by atoms with E-state index in [4.69, 9.17) is 0 Å². The molecule has 4 rings (SSSR count). The van der Waals surface area contributed by atoms with Crippen molar-refractivity contribution in [3.8, 4) is 0 Å². The summed E-state index contributed by atoms with van der Waals surface area (Å²) in [6.07, 6.45) is 3.73. The fourth-order valence-corrected chi connectivity index (χ4v) is 3.42. The first-order valence-electron chi connectivity index (χ1n) is 7.91. The largest absolute Gasteiger partial charge is 0.365 e. The standard InChI is InChI=1S/C19H19N3/c1-2-17-16-10-11-22(12-18(16)21-13-20-17)19-9-5-7-14-6-3-4-8-15(14)19/h3-9,13H,2,10-12H2,1H3. The zero-order chi connectivity index (χ0) is 14.9. The van der Waals surface area contributed by atoms with Crippen molar-refractivity contribution >= 4 is 16.5 Å². The number of aryl methyl sites for hydroxylation is 1. The van der Waals surface area contributed by atoms with Crippen LogP contribution < -0.4 is 4.90 Å². The summed E-state index contributed by atoms with van der Waals surface area (Å²) in [5.41, 5.74) is 5.07. The molecule has 3 heteroatoms. The average molecular weight is 289 g/mol. The average Bonchev–Trinajstić information content (AvgIpc) is 2.60. The smallest absolute Gasteiger partial charge is 0.116 e. The summed E-state index contributed by atoms with van der Waals surface area (Å²) in [7, 11) is 0. The van der Waals surface area contributed by atoms with E-state index in [1.165, 1.54) is 33.4 Å². The number of hydrogen-bond donors (Lipinski definition) is 0. The van der Waals surface area contributed by atoms with E-state index in [2.05, 4.69) is 64.3 Å². The Morgan fingerprint density at radius 2 is 1.91 bits per heavy atom. The Bertz CT molecular complexity index is 821. The summed E-state index contributed by atoms with van der Waals surface area (Å²) in [6, 6.07) is 15.1. The van der Waals surface area contributed by atoms with Gasteiger partial charge in [0.2, 0.25) is 0 Å². The first kappa shape index (κ1) is 13.3. The van der Waals surface area contributed by atoms with Crippen LogP contribution in [0.25, 0.3) is 10.8 Å². The second kappa shape index (κ2) is 5.41. The van der Waals surface area contributed by atoms with Crippen molar-refractivity contribution in [1.82, 2.24) is 9.97 Å². The highest BCUT2D eigenvalue weighted by Gasteiger charge is 2.21. The minimum absolute atomic E-state index is 0.874. The van der Waals surface area contributed by atoms with Gasteiger partial charge in [-0.15, -0.1) is 0 Å². The van der Waals surface area contributed by atoms with Crippen molar-refractivity contribution in [3.05, 3.63) is 65.7 Å². The molecule has 0 N–H and O–H groups in total. The summed E-state index contributed by atoms with van der Waals surface area (Å²) in [6.45, 7) is 4.07. The Hall–Kier alpha value is -2.42. The first-order chi connectivity index (χ1) is 10.9. The third-order valence-electron chi connectivity index (χ3n) is 4.54. The third kappa shape index (κ3) is 2.13. The molecule has 110 valence electrons. The van der Waals surface area contributed by atoms with Gasteiger partial charge in [0.15, 0.2) is 0 Å². The lowest BCUT2D eigenvalue weighted by molar-refractivity contribution is 0.693. The number of hydrogen-bond acceptors (Lipinski definition) is 3. The minimum Gasteiger partial charge on any atom is -0.365 e. The maximum atomic E-state index is 4.53. The van der Waals surface area contributed by atoms with Gasteiger partial charge < -0.3 is 4.90 Å². The number of anilines is 1. The van der Waals surface area contributed by atoms with E-state index >= 15 is 0 Å². The topological polar surface area (TPSA) is 29.0 Å². The highest BCUT2D eigenvalue weighted by atomic mass is 15.1. The molecule has 0 radical (unpaired) electrons. The normalized spacial score (nSPS) is 14.1. The van der Waals surface area contributed by atoms with Gasteiger partial charge in [0.25, 0.3) is 0 Å². The lowest BCUT2D eigenvalue weighted by atomic mass is 10.00. The van der Waals surface area contributed by atoms with Crippen molar-refractivity contribution in [1.29, 1.82) is 0 Å². The van der Waals surface area contributed by atoms with Crippen LogP contribution in [-0.4, -0.2) is 16.5 Å². The molecule has 0 spiro atoms. The fourth-order valence-electron chi connectivity index (χ4n) is 3.42. The maximum absolute atomic E-state index is 4.53. The molecular weight excluding hydrogens is 270 g/mol. The van der Waals surface area contributed by atoms with Crippen LogP contribution in [0.1, 0.15) is 23.9 Å². The van der Waals surface area contributed by atoms with Crippen LogP contribution >= 0.6 is 0 Å². The quantitative estimate of drug-likeness (QED) is 0.719. The van der Waals surface area contributed by atoms with Crippen molar-refractivity contribution in [2.75, 3.05) is 11.4 Å². The van der Waals surface area contributed by atoms with Gasteiger partial charge in [-0.2, -0.15) is 0 Å². The molecule has 0 amide bonds. The molecule has 3 aromatic rings. The molecule has 0 aliphatic carbocycles. The van der Waals surface area contributed by atoms with E-state index in [0.717, 1.165) is 25.9 Å². The van der Waals surface area contributed by atoms with Gasteiger partial charge in [-0.05, 0) is 29.9 Å². The van der Waals surface area contributed by atoms with Crippen molar-refractivity contribution in [2.45, 2.75) is 26.3 Å². The van der Waals surface area contributed by atoms with Gasteiger partial charge >= 0.3 is 0 Å². The summed E-state index contributed by atoms with van der Waals surface area (Å²) in [5.74, 6) is 0. The van der Waals surface area contributed by atoms with Gasteiger partial charge in [0.05, 0.1) is 12.2 Å². The van der Waals surface area contributed by atoms with Crippen LogP contribution in [0.4, 0.5) is 5.69 Å². The van der Waals surface area contributed by atoms with E-state index in [9.17, 15) is 0 Å². The second-order valence-electron chi connectivity index (χ2n) is 5.77. The van der Waals surface area contributed by atoms with Gasteiger partial charge in [0.1, 0.15) is 6.33 Å². The first-order valence-corrected chi connectivity index (χ1v) is 7.91. The Morgan fingerprint density at radius 1 is 1.05 bits per heavy atom. The zero-order valence-electron chi connectivity index (χ0n) is 12.8. The lowest BCUT2D eigenvalue weighted by Crippen LogP contribution is -2.32. The second-order valence-corrected chi connectivity index (χ2v) is 5.77. The maximum Gasteiger partial charge on any atom is 0.116 e. The van der Waals surface area contributed by atoms with Gasteiger partial charge in [0, 0.05) is 23.3 Å². The van der Waals surface area contributed by atoms with Crippen molar-refractivity contribution in [2.24, 2.45) is 0 Å². The van der Waals surface area contributed by atoms with Gasteiger partial charge in [-0.1, -0.05) is 43.3 Å². The molecule has 2 heterocycles. The molecule has 1 aliphatic rings. The predicted molar refractivity (Wildman–Crippen MR) is 90.1 cm³/mol. The van der Waals surface area contributed by atoms with Crippen LogP contribution in [0.3, 0.4) is 0 Å². The highest BCUT2D eigenvalue weighted by molar-refractivity contribution is 5.94. The van der Waals surface area contributed by atoms with E-state index in [-0.39, 0.29) is 0 Å². The van der Waals surface area contributed by atoms with Crippen LogP contribution in [0.5, 0.6) is 0 Å². The van der Waals surface area contributed by atoms with E-state index in [0.29, 0.717) is 0 Å². The molecule has 0 atom stereocenters. The molecule has 22 heavy (non-hydrogen) atoms. The predicted octanol–water partition coefficient (Wildman–Crippen LogP) is 3.75. The van der Waals surface area contributed by atoms with Crippen molar-refractivity contribution < 1.29 is 0 Å². The van der Waals surface area contributed by atoms with Gasteiger partial charge in [-0.3, -0.25) is 0 Å². The summed E-state index contributed by atoms with van der Waals surface area (Å²) >= 11 is 0. The van der Waals surface area contributed by atoms with Gasteiger partial charge in [-0.25, -0.2) is 9.97 Å². The van der Waals surface area contributed by atoms with Crippen LogP contribution in [0.2, 0.25) is 0 Å². The van der Waals surface area contributed by atoms with Crippen LogP contribution in [-0.2, 0) is 19.4 Å². The summed E-state index contributed by atoms with van der Waals surface area (Å²) in [4.78, 5) is 11.4. The molecular formula is C19H19N3. The van der Waals surface area contributed by atoms with E-state index in [1.54, 1.807) is 6.33 Å². The molecule has 0 saturated carbocycles. The number of benzene rings is 2. The Labute approximate surface area is 130 Å². The molecule has 1 aliphatic heterocycles. The SMILES string of the molecule is CCc1ncnc2c1CCN(c1cccc3ccccc13)C2. The molecule has 0 fully saturated rings. The lowest BCUT2D eigenvalue weighted by Gasteiger charge is -2.31. The molecule has 0 bridgehead atoms. The molecule has 3 nitrogen and oxygen atoms in total. The number of aromatic nitrogens is 2. The molecule has 1 aromatic heterocycles. The number of nitrogens with zero attached hydrogens (tertiary/aromatic N) is 3. The minimum atomic E-state index is 0.874. The summed E-state index contributed by atoms with van der Waals surface area (Å²) < 4.78 is 0. The Balaban J connectivity index is 1.75. The third-order valence-corrected chi connectivity index (χ3v) is 4.54. The highest BCUT2D eigenvalue weighted by Crippen LogP contribution is 2.30. The van der Waals surface area contributed by atoms with Crippen LogP contribution in [0, 0.1) is 0 Å². The number of rotatable bonds is 2. The summed E-state index contributed by atoms with van der Waals surface area (Å²) in [5, 5.41) is 2.61. The molecule has 0 saturated heterocycles. The zero-order valence-corrected chi connectivity index (χ0v) is 12.8. The Kier molecular flexibility index (Phi) is 3.26. The fraction of sp³-hybridized carbons (Fsp3) is 0.263. The number of fused-ring (bicyclic) bond motifs is 2. The molecule has 2 aromatic carbocycles. The monoisotopic (exact) mass is 289 g/mol. The molecule has 0 unspecified atom stereocenters. The Morgan fingerprint density at radius 3 is 2.82 bits per heavy atom. The van der Waals surface area contributed by atoms with E-state index in [1.807, 2.05) is 0 Å². The van der Waals surface area contributed by atoms with Crippen LogP contribution in [0.15, 0.2) is 48.8 Å².